The third-order valence-corrected chi connectivity index (χ3v) is 11.1. The number of carbonyl (C=O) groups is 3. The lowest BCUT2D eigenvalue weighted by molar-refractivity contribution is -0.887. The summed E-state index contributed by atoms with van der Waals surface area (Å²) in [5, 5.41) is 9.64. The van der Waals surface area contributed by atoms with E-state index in [9.17, 15) is 19.5 Å². The lowest BCUT2D eigenvalue weighted by Crippen LogP contribution is -2.50. The fourth-order valence-corrected chi connectivity index (χ4v) is 7.23. The molecule has 0 aliphatic rings. The Morgan fingerprint density at radius 3 is 1.36 bits per heavy atom. The second-order valence-corrected chi connectivity index (χ2v) is 17.8. The van der Waals surface area contributed by atoms with Crippen molar-refractivity contribution in [3.8, 4) is 0 Å². The maximum Gasteiger partial charge on any atom is 0.362 e. The van der Waals surface area contributed by atoms with E-state index in [1.54, 1.807) is 0 Å². The molecule has 2 atom stereocenters. The van der Waals surface area contributed by atoms with E-state index >= 15 is 0 Å². The first-order valence-electron chi connectivity index (χ1n) is 24.9. The van der Waals surface area contributed by atoms with Gasteiger partial charge in [-0.3, -0.25) is 9.59 Å². The number of rotatable bonds is 44. The maximum atomic E-state index is 12.7. The molecule has 0 aromatic heterocycles. The summed E-state index contributed by atoms with van der Waals surface area (Å²) < 4.78 is 17.3. The molecule has 0 radical (unpaired) electrons. The van der Waals surface area contributed by atoms with Gasteiger partial charge in [0.15, 0.2) is 12.1 Å². The van der Waals surface area contributed by atoms with Gasteiger partial charge in [0.1, 0.15) is 6.61 Å². The molecule has 0 saturated carbocycles. The number of carboxylic acid groups (broad SMARTS) is 1. The van der Waals surface area contributed by atoms with E-state index in [-0.39, 0.29) is 42.7 Å². The Labute approximate surface area is 375 Å². The first-order valence-corrected chi connectivity index (χ1v) is 24.9. The number of carboxylic acids is 1. The number of esters is 2. The van der Waals surface area contributed by atoms with Crippen LogP contribution in [-0.4, -0.2) is 80.6 Å². The molecule has 0 saturated heterocycles. The van der Waals surface area contributed by atoms with Crippen molar-refractivity contribution in [1.82, 2.24) is 0 Å². The minimum absolute atomic E-state index is 0.0433. The summed E-state index contributed by atoms with van der Waals surface area (Å²) in [4.78, 5) is 37.1. The number of hydrogen-bond acceptors (Lipinski definition) is 6. The lowest BCUT2D eigenvalue weighted by Gasteiger charge is -2.31. The second-order valence-electron chi connectivity index (χ2n) is 17.8. The van der Waals surface area contributed by atoms with Gasteiger partial charge >= 0.3 is 17.9 Å². The number of quaternary nitrogens is 1. The van der Waals surface area contributed by atoms with Crippen molar-refractivity contribution in [3.05, 3.63) is 60.8 Å². The van der Waals surface area contributed by atoms with Crippen LogP contribution in [-0.2, 0) is 28.6 Å². The summed E-state index contributed by atoms with van der Waals surface area (Å²) in [6.07, 6.45) is 54.2. The molecule has 2 unspecified atom stereocenters. The SMILES string of the molecule is CC/C=C/C=C/C=C/C=C/C=C/CCCCCC(=O)OC(COCCC(C(=O)O)[N+](C)(C)C)COC(=O)CCCCCCCCCCCCCCCCCCCCCCCC. The average molecular weight is 857 g/mol. The van der Waals surface area contributed by atoms with Crippen LogP contribution in [0.4, 0.5) is 0 Å². The number of ether oxygens (including phenoxy) is 3. The molecule has 0 amide bonds. The second kappa shape index (κ2) is 43.7. The largest absolute Gasteiger partial charge is 0.477 e. The van der Waals surface area contributed by atoms with Crippen LogP contribution in [0, 0.1) is 0 Å². The van der Waals surface area contributed by atoms with Crippen molar-refractivity contribution in [1.29, 1.82) is 0 Å². The minimum atomic E-state index is -0.883. The predicted molar refractivity (Wildman–Crippen MR) is 257 cm³/mol. The van der Waals surface area contributed by atoms with Gasteiger partial charge < -0.3 is 23.8 Å². The molecule has 0 aromatic carbocycles. The Balaban J connectivity index is 4.25. The third-order valence-electron chi connectivity index (χ3n) is 11.1. The molecule has 0 aliphatic carbocycles. The maximum absolute atomic E-state index is 12.7. The van der Waals surface area contributed by atoms with E-state index in [1.807, 2.05) is 69.8 Å². The molecule has 0 fully saturated rings. The van der Waals surface area contributed by atoms with Crippen LogP contribution in [0.15, 0.2) is 60.8 Å². The highest BCUT2D eigenvalue weighted by molar-refractivity contribution is 5.72. The number of likely N-dealkylation sites (N-methyl/N-ethyl adjacent to an activating group) is 1. The quantitative estimate of drug-likeness (QED) is 0.0282. The Hall–Kier alpha value is -2.97. The summed E-state index contributed by atoms with van der Waals surface area (Å²) in [7, 11) is 5.51. The standard InChI is InChI=1S/C53H93NO7/c1-6-8-10-12-14-16-18-20-22-23-24-25-26-27-28-30-31-33-35-37-39-41-43-51(55)60-48-49(47-59-46-45-50(53(57)58)54(3,4)5)61-52(56)44-42-40-38-36-34-32-29-21-19-17-15-13-11-9-7-2/h9,11,13,15,17,19,21,29,32,34,49-50H,6-8,10,12,14,16,18,20,22-28,30-31,33,35-48H2,1-5H3/p+1/b11-9+,15-13+,19-17+,29-21+,34-32+. The van der Waals surface area contributed by atoms with Crippen molar-refractivity contribution in [2.24, 2.45) is 0 Å². The van der Waals surface area contributed by atoms with E-state index in [4.69, 9.17) is 14.2 Å². The van der Waals surface area contributed by atoms with Gasteiger partial charge in [-0.2, -0.15) is 0 Å². The number of hydrogen-bond donors (Lipinski definition) is 1. The number of allylic oxidation sites excluding steroid dienone is 10. The highest BCUT2D eigenvalue weighted by Gasteiger charge is 2.31. The van der Waals surface area contributed by atoms with Crippen LogP contribution in [0.5, 0.6) is 0 Å². The zero-order valence-corrected chi connectivity index (χ0v) is 40.1. The van der Waals surface area contributed by atoms with Crippen LogP contribution in [0.2, 0.25) is 0 Å². The zero-order chi connectivity index (χ0) is 44.9. The number of unbranched alkanes of at least 4 members (excludes halogenated alkanes) is 24. The summed E-state index contributed by atoms with van der Waals surface area (Å²) in [6.45, 7) is 4.57. The molecule has 0 spiro atoms. The van der Waals surface area contributed by atoms with Crippen molar-refractivity contribution in [2.45, 2.75) is 219 Å². The highest BCUT2D eigenvalue weighted by Crippen LogP contribution is 2.16. The van der Waals surface area contributed by atoms with Crippen molar-refractivity contribution in [3.63, 3.8) is 0 Å². The van der Waals surface area contributed by atoms with Gasteiger partial charge in [0.05, 0.1) is 34.4 Å². The van der Waals surface area contributed by atoms with Gasteiger partial charge in [0.2, 0.25) is 0 Å². The first-order chi connectivity index (χ1) is 29.6. The lowest BCUT2D eigenvalue weighted by atomic mass is 10.0. The summed E-state index contributed by atoms with van der Waals surface area (Å²) >= 11 is 0. The van der Waals surface area contributed by atoms with Crippen LogP contribution >= 0.6 is 0 Å². The molecule has 61 heavy (non-hydrogen) atoms. The molecule has 8 heteroatoms. The average Bonchev–Trinajstić information content (AvgIpc) is 3.22. The molecule has 8 nitrogen and oxygen atoms in total. The van der Waals surface area contributed by atoms with Gasteiger partial charge in [-0.25, -0.2) is 4.79 Å². The summed E-state index contributed by atoms with van der Waals surface area (Å²) in [5.41, 5.74) is 0. The first kappa shape index (κ1) is 58.0. The van der Waals surface area contributed by atoms with Gasteiger partial charge in [0.25, 0.3) is 0 Å². The van der Waals surface area contributed by atoms with E-state index < -0.39 is 18.1 Å². The fraction of sp³-hybridized carbons (Fsp3) is 0.755. The monoisotopic (exact) mass is 857 g/mol. The minimum Gasteiger partial charge on any atom is -0.477 e. The van der Waals surface area contributed by atoms with Gasteiger partial charge in [0, 0.05) is 19.3 Å². The summed E-state index contributed by atoms with van der Waals surface area (Å²) in [5.74, 6) is -1.52. The van der Waals surface area contributed by atoms with Crippen LogP contribution in [0.1, 0.15) is 206 Å². The van der Waals surface area contributed by atoms with Crippen LogP contribution < -0.4 is 0 Å². The van der Waals surface area contributed by atoms with Crippen molar-refractivity contribution in [2.75, 3.05) is 41.0 Å². The predicted octanol–water partition coefficient (Wildman–Crippen LogP) is 14.1. The number of carbonyl (C=O) groups excluding carboxylic acids is 2. The Kier molecular flexibility index (Phi) is 41.5. The van der Waals surface area contributed by atoms with Crippen molar-refractivity contribution >= 4 is 17.9 Å². The summed E-state index contributed by atoms with van der Waals surface area (Å²) in [6, 6.07) is -0.624. The molecular weight excluding hydrogens is 763 g/mol. The van der Waals surface area contributed by atoms with E-state index in [2.05, 4.69) is 26.0 Å². The van der Waals surface area contributed by atoms with E-state index in [0.29, 0.717) is 19.3 Å². The molecular formula is C53H94NO7+. The molecule has 0 aliphatic heterocycles. The normalized spacial score (nSPS) is 13.4. The van der Waals surface area contributed by atoms with Gasteiger partial charge in [-0.05, 0) is 32.1 Å². The van der Waals surface area contributed by atoms with Crippen LogP contribution in [0.3, 0.4) is 0 Å². The van der Waals surface area contributed by atoms with Gasteiger partial charge in [-0.15, -0.1) is 0 Å². The molecule has 0 heterocycles. The van der Waals surface area contributed by atoms with E-state index in [1.165, 1.54) is 122 Å². The Morgan fingerprint density at radius 1 is 0.508 bits per heavy atom. The topological polar surface area (TPSA) is 99.1 Å². The van der Waals surface area contributed by atoms with Gasteiger partial charge in [-0.1, -0.05) is 216 Å². The van der Waals surface area contributed by atoms with Crippen LogP contribution in [0.25, 0.3) is 0 Å². The smallest absolute Gasteiger partial charge is 0.362 e. The number of aliphatic carboxylic acids is 1. The fourth-order valence-electron chi connectivity index (χ4n) is 7.23. The van der Waals surface area contributed by atoms with Crippen molar-refractivity contribution < 1.29 is 38.2 Å². The molecule has 1 N–H and O–H groups in total. The Bertz CT molecular complexity index is 1180. The zero-order valence-electron chi connectivity index (χ0n) is 40.1. The third kappa shape index (κ3) is 42.1. The number of nitrogens with zero attached hydrogens (tertiary/aromatic N) is 1. The Morgan fingerprint density at radius 2 is 0.918 bits per heavy atom. The molecule has 0 aromatic rings. The molecule has 352 valence electrons. The van der Waals surface area contributed by atoms with E-state index in [0.717, 1.165) is 44.9 Å². The molecule has 0 rings (SSSR count). The molecule has 0 bridgehead atoms. The highest BCUT2D eigenvalue weighted by atomic mass is 16.6.